The molecule has 0 aliphatic heterocycles. The van der Waals surface area contributed by atoms with Gasteiger partial charge in [-0.2, -0.15) is 11.3 Å². The van der Waals surface area contributed by atoms with Crippen LogP contribution in [0.4, 0.5) is 0 Å². The van der Waals surface area contributed by atoms with Gasteiger partial charge in [0.05, 0.1) is 19.9 Å². The quantitative estimate of drug-likeness (QED) is 0.527. The van der Waals surface area contributed by atoms with Crippen molar-refractivity contribution in [1.29, 1.82) is 0 Å². The molecule has 3 aromatic rings. The number of ether oxygens (including phenoxy) is 1. The minimum atomic E-state index is -1.57. The Morgan fingerprint density at radius 1 is 1.14 bits per heavy atom. The van der Waals surface area contributed by atoms with Crippen LogP contribution in [0.5, 0.6) is 5.75 Å². The third-order valence-electron chi connectivity index (χ3n) is 4.27. The van der Waals surface area contributed by atoms with Gasteiger partial charge >= 0.3 is 11.8 Å². The monoisotopic (exact) mass is 400 g/mol. The first kappa shape index (κ1) is 19.7. The molecule has 0 fully saturated rings. The van der Waals surface area contributed by atoms with E-state index >= 15 is 0 Å². The van der Waals surface area contributed by atoms with Gasteiger partial charge in [-0.15, -0.1) is 0 Å². The van der Waals surface area contributed by atoms with Crippen molar-refractivity contribution in [3.8, 4) is 5.75 Å². The lowest BCUT2D eigenvalue weighted by atomic mass is 9.93. The molecule has 0 unspecified atom stereocenters. The van der Waals surface area contributed by atoms with E-state index in [2.05, 4.69) is 10.6 Å². The normalized spacial score (nSPS) is 12.8. The van der Waals surface area contributed by atoms with Crippen LogP contribution in [0.3, 0.4) is 0 Å². The highest BCUT2D eigenvalue weighted by molar-refractivity contribution is 7.08. The van der Waals surface area contributed by atoms with Crippen molar-refractivity contribution >= 4 is 23.2 Å². The Labute approximate surface area is 166 Å². The summed E-state index contributed by atoms with van der Waals surface area (Å²) >= 11 is 1.41. The lowest BCUT2D eigenvalue weighted by Gasteiger charge is -2.25. The Balaban J connectivity index is 1.62. The molecular weight excluding hydrogens is 380 g/mol. The Hall–Kier alpha value is -3.10. The molecule has 2 amide bonds. The van der Waals surface area contributed by atoms with Crippen LogP contribution in [0.1, 0.15) is 16.9 Å². The average Bonchev–Trinajstić information content (AvgIpc) is 3.44. The van der Waals surface area contributed by atoms with Crippen LogP contribution < -0.4 is 15.4 Å². The van der Waals surface area contributed by atoms with Gasteiger partial charge in [-0.05, 0) is 35.0 Å². The number of rotatable bonds is 7. The SMILES string of the molecule is COc1ccccc1CNC(=O)C(=O)NC[C@](O)(c1ccsc1)c1ccco1. The number of methoxy groups -OCH3 is 1. The van der Waals surface area contributed by atoms with Crippen LogP contribution in [0.2, 0.25) is 0 Å². The Bertz CT molecular complexity index is 888. The van der Waals surface area contributed by atoms with Gasteiger partial charge in [0.2, 0.25) is 0 Å². The van der Waals surface area contributed by atoms with E-state index < -0.39 is 17.4 Å². The first-order valence-electron chi connectivity index (χ1n) is 8.51. The van der Waals surface area contributed by atoms with Crippen molar-refractivity contribution < 1.29 is 23.8 Å². The Morgan fingerprint density at radius 2 is 1.93 bits per heavy atom. The van der Waals surface area contributed by atoms with Crippen molar-refractivity contribution in [2.24, 2.45) is 0 Å². The molecule has 2 aromatic heterocycles. The van der Waals surface area contributed by atoms with Gasteiger partial charge < -0.3 is 24.9 Å². The molecule has 0 spiro atoms. The summed E-state index contributed by atoms with van der Waals surface area (Å²) in [5.41, 5.74) is -0.249. The first-order chi connectivity index (χ1) is 13.5. The van der Waals surface area contributed by atoms with Crippen LogP contribution in [-0.4, -0.2) is 30.6 Å². The molecule has 0 saturated heterocycles. The van der Waals surface area contributed by atoms with Crippen molar-refractivity contribution in [3.63, 3.8) is 0 Å². The second kappa shape index (κ2) is 8.73. The number of furan rings is 1. The second-order valence-corrected chi connectivity index (χ2v) is 6.81. The molecule has 28 heavy (non-hydrogen) atoms. The number of aliphatic hydroxyl groups is 1. The maximum Gasteiger partial charge on any atom is 0.309 e. The van der Waals surface area contributed by atoms with Gasteiger partial charge in [-0.1, -0.05) is 18.2 Å². The Morgan fingerprint density at radius 3 is 2.61 bits per heavy atom. The fourth-order valence-corrected chi connectivity index (χ4v) is 3.46. The third-order valence-corrected chi connectivity index (χ3v) is 4.95. The van der Waals surface area contributed by atoms with Gasteiger partial charge in [0.15, 0.2) is 5.60 Å². The maximum atomic E-state index is 12.2. The number of thiophene rings is 1. The number of hydrogen-bond acceptors (Lipinski definition) is 6. The third kappa shape index (κ3) is 4.24. The van der Waals surface area contributed by atoms with Crippen LogP contribution in [0.25, 0.3) is 0 Å². The van der Waals surface area contributed by atoms with E-state index in [9.17, 15) is 14.7 Å². The fraction of sp³-hybridized carbons (Fsp3) is 0.200. The highest BCUT2D eigenvalue weighted by atomic mass is 32.1. The molecule has 0 bridgehead atoms. The number of nitrogens with one attached hydrogen (secondary N) is 2. The van der Waals surface area contributed by atoms with Gasteiger partial charge in [-0.25, -0.2) is 0 Å². The minimum absolute atomic E-state index is 0.142. The van der Waals surface area contributed by atoms with E-state index in [0.29, 0.717) is 11.3 Å². The molecule has 2 heterocycles. The van der Waals surface area contributed by atoms with Gasteiger partial charge in [-0.3, -0.25) is 9.59 Å². The number of para-hydroxylation sites is 1. The Kier molecular flexibility index (Phi) is 6.13. The fourth-order valence-electron chi connectivity index (χ4n) is 2.74. The second-order valence-electron chi connectivity index (χ2n) is 6.03. The van der Waals surface area contributed by atoms with E-state index in [4.69, 9.17) is 9.15 Å². The van der Waals surface area contributed by atoms with Crippen molar-refractivity contribution in [2.45, 2.75) is 12.1 Å². The number of carbonyl (C=O) groups excluding carboxylic acids is 2. The van der Waals surface area contributed by atoms with Gasteiger partial charge in [0, 0.05) is 17.7 Å². The van der Waals surface area contributed by atoms with Crippen molar-refractivity contribution in [1.82, 2.24) is 10.6 Å². The topological polar surface area (TPSA) is 101 Å². The van der Waals surface area contributed by atoms with Crippen LogP contribution >= 0.6 is 11.3 Å². The molecule has 3 rings (SSSR count). The molecule has 8 heteroatoms. The van der Waals surface area contributed by atoms with E-state index in [1.54, 1.807) is 35.7 Å². The standard InChI is InChI=1S/C20H20N2O5S/c1-26-16-6-3-2-5-14(16)11-21-18(23)19(24)22-13-20(25,15-8-10-28-12-15)17-7-4-9-27-17/h2-10,12,25H,11,13H2,1H3,(H,21,23)(H,22,24)/t20-/m0/s1. The molecule has 0 aliphatic rings. The zero-order chi connectivity index (χ0) is 20.0. The predicted octanol–water partition coefficient (Wildman–Crippen LogP) is 2.02. The van der Waals surface area contributed by atoms with Crippen LogP contribution in [0.15, 0.2) is 63.9 Å². The molecule has 0 saturated carbocycles. The lowest BCUT2D eigenvalue weighted by molar-refractivity contribution is -0.139. The first-order valence-corrected chi connectivity index (χ1v) is 9.46. The zero-order valence-electron chi connectivity index (χ0n) is 15.2. The summed E-state index contributed by atoms with van der Waals surface area (Å²) in [7, 11) is 1.53. The molecular formula is C20H20N2O5S. The summed E-state index contributed by atoms with van der Waals surface area (Å²) in [5, 5.41) is 19.7. The summed E-state index contributed by atoms with van der Waals surface area (Å²) in [6.07, 6.45) is 1.44. The summed E-state index contributed by atoms with van der Waals surface area (Å²) in [5.74, 6) is -0.762. The lowest BCUT2D eigenvalue weighted by Crippen LogP contribution is -2.46. The number of carbonyl (C=O) groups is 2. The number of amides is 2. The summed E-state index contributed by atoms with van der Waals surface area (Å²) in [6.45, 7) is -0.0680. The predicted molar refractivity (Wildman–Crippen MR) is 104 cm³/mol. The average molecular weight is 400 g/mol. The van der Waals surface area contributed by atoms with Crippen LogP contribution in [0, 0.1) is 0 Å². The maximum absolute atomic E-state index is 12.2. The summed E-state index contributed by atoms with van der Waals surface area (Å²) in [6, 6.07) is 12.2. The smallest absolute Gasteiger partial charge is 0.309 e. The van der Waals surface area contributed by atoms with E-state index in [0.717, 1.165) is 5.56 Å². The summed E-state index contributed by atoms with van der Waals surface area (Å²) in [4.78, 5) is 24.3. The molecule has 146 valence electrons. The van der Waals surface area contributed by atoms with E-state index in [1.165, 1.54) is 24.7 Å². The molecule has 1 atom stereocenters. The molecule has 7 nitrogen and oxygen atoms in total. The van der Waals surface area contributed by atoms with Crippen molar-refractivity contribution in [3.05, 3.63) is 76.4 Å². The van der Waals surface area contributed by atoms with E-state index in [-0.39, 0.29) is 18.8 Å². The largest absolute Gasteiger partial charge is 0.496 e. The molecule has 1 aromatic carbocycles. The van der Waals surface area contributed by atoms with Crippen molar-refractivity contribution in [2.75, 3.05) is 13.7 Å². The zero-order valence-corrected chi connectivity index (χ0v) is 16.0. The van der Waals surface area contributed by atoms with Crippen LogP contribution in [-0.2, 0) is 21.7 Å². The molecule has 0 aliphatic carbocycles. The van der Waals surface area contributed by atoms with E-state index in [1.807, 2.05) is 17.5 Å². The highest BCUT2D eigenvalue weighted by Gasteiger charge is 2.36. The molecule has 3 N–H and O–H groups in total. The number of benzene rings is 1. The highest BCUT2D eigenvalue weighted by Crippen LogP contribution is 2.30. The minimum Gasteiger partial charge on any atom is -0.496 e. The number of hydrogen-bond donors (Lipinski definition) is 3. The van der Waals surface area contributed by atoms with Gasteiger partial charge in [0.1, 0.15) is 11.5 Å². The molecule has 0 radical (unpaired) electrons. The summed E-state index contributed by atoms with van der Waals surface area (Å²) < 4.78 is 10.6. The van der Waals surface area contributed by atoms with Gasteiger partial charge in [0.25, 0.3) is 0 Å².